The molecule has 1 unspecified atom stereocenters. The molecule has 1 aliphatic carbocycles. The first-order valence-corrected chi connectivity index (χ1v) is 6.44. The summed E-state index contributed by atoms with van der Waals surface area (Å²) in [5.41, 5.74) is 6.09. The van der Waals surface area contributed by atoms with Gasteiger partial charge in [-0.15, -0.1) is 0 Å². The van der Waals surface area contributed by atoms with E-state index >= 15 is 0 Å². The highest BCUT2D eigenvalue weighted by Crippen LogP contribution is 2.34. The summed E-state index contributed by atoms with van der Waals surface area (Å²) in [5.74, 6) is 0.169. The van der Waals surface area contributed by atoms with Gasteiger partial charge in [-0.25, -0.2) is 0 Å². The molecule has 0 aromatic rings. The van der Waals surface area contributed by atoms with Crippen LogP contribution in [0.4, 0.5) is 0 Å². The highest BCUT2D eigenvalue weighted by molar-refractivity contribution is 5.76. The van der Waals surface area contributed by atoms with E-state index in [-0.39, 0.29) is 11.9 Å². The Morgan fingerprint density at radius 3 is 2.50 bits per heavy atom. The zero-order valence-electron chi connectivity index (χ0n) is 10.9. The molecule has 0 aromatic heterocycles. The molecular formula is C13H26N2O. The Bertz CT molecular complexity index is 226. The maximum atomic E-state index is 11.6. The maximum absolute atomic E-state index is 11.6. The topological polar surface area (TPSA) is 55.1 Å². The van der Waals surface area contributed by atoms with Crippen molar-refractivity contribution in [1.29, 1.82) is 0 Å². The summed E-state index contributed by atoms with van der Waals surface area (Å²) in [7, 11) is 0. The molecule has 1 amide bonds. The predicted molar refractivity (Wildman–Crippen MR) is 67.1 cm³/mol. The Labute approximate surface area is 99.2 Å². The molecule has 0 aliphatic heterocycles. The van der Waals surface area contributed by atoms with Crippen LogP contribution in [0.5, 0.6) is 0 Å². The molecule has 0 bridgehead atoms. The zero-order chi connectivity index (χ0) is 12.2. The van der Waals surface area contributed by atoms with Gasteiger partial charge in [0.15, 0.2) is 0 Å². The number of carbonyl (C=O) groups is 1. The lowest BCUT2D eigenvalue weighted by molar-refractivity contribution is -0.122. The molecule has 1 rings (SSSR count). The van der Waals surface area contributed by atoms with Crippen molar-refractivity contribution in [3.05, 3.63) is 0 Å². The van der Waals surface area contributed by atoms with Crippen LogP contribution in [-0.4, -0.2) is 18.0 Å². The van der Waals surface area contributed by atoms with Crippen molar-refractivity contribution in [2.75, 3.05) is 0 Å². The Balaban J connectivity index is 2.21. The standard InChI is InChI=1S/C13H26N2O/c1-10(14)4-5-12(16)15-11-6-8-13(2,3)9-7-11/h10-11H,4-9,14H2,1-3H3,(H,15,16). The molecule has 3 nitrogen and oxygen atoms in total. The second kappa shape index (κ2) is 5.67. The first kappa shape index (κ1) is 13.5. The molecular weight excluding hydrogens is 200 g/mol. The molecule has 1 fully saturated rings. The third kappa shape index (κ3) is 4.97. The van der Waals surface area contributed by atoms with E-state index in [1.165, 1.54) is 12.8 Å². The van der Waals surface area contributed by atoms with E-state index < -0.39 is 0 Å². The van der Waals surface area contributed by atoms with Crippen LogP contribution in [0, 0.1) is 5.41 Å². The molecule has 3 N–H and O–H groups in total. The SMILES string of the molecule is CC(N)CCC(=O)NC1CCC(C)(C)CC1. The van der Waals surface area contributed by atoms with Gasteiger partial charge in [-0.1, -0.05) is 13.8 Å². The molecule has 16 heavy (non-hydrogen) atoms. The van der Waals surface area contributed by atoms with Gasteiger partial charge in [0.25, 0.3) is 0 Å². The van der Waals surface area contributed by atoms with Gasteiger partial charge in [0.1, 0.15) is 0 Å². The van der Waals surface area contributed by atoms with Gasteiger partial charge < -0.3 is 11.1 Å². The normalized spacial score (nSPS) is 22.8. The minimum Gasteiger partial charge on any atom is -0.353 e. The summed E-state index contributed by atoms with van der Waals surface area (Å²) in [6.07, 6.45) is 6.02. The fourth-order valence-electron chi connectivity index (χ4n) is 2.20. The van der Waals surface area contributed by atoms with Crippen LogP contribution >= 0.6 is 0 Å². The van der Waals surface area contributed by atoms with E-state index in [4.69, 9.17) is 5.73 Å². The smallest absolute Gasteiger partial charge is 0.220 e. The van der Waals surface area contributed by atoms with Crippen molar-refractivity contribution < 1.29 is 4.79 Å². The van der Waals surface area contributed by atoms with Crippen molar-refractivity contribution in [2.45, 2.75) is 71.4 Å². The third-order valence-electron chi connectivity index (χ3n) is 3.53. The Hall–Kier alpha value is -0.570. The van der Waals surface area contributed by atoms with Gasteiger partial charge in [-0.3, -0.25) is 4.79 Å². The van der Waals surface area contributed by atoms with Gasteiger partial charge in [-0.05, 0) is 44.4 Å². The molecule has 1 atom stereocenters. The Kier molecular flexibility index (Phi) is 4.78. The monoisotopic (exact) mass is 226 g/mol. The number of nitrogens with one attached hydrogen (secondary N) is 1. The fourth-order valence-corrected chi connectivity index (χ4v) is 2.20. The molecule has 0 aromatic carbocycles. The minimum absolute atomic E-state index is 0.121. The van der Waals surface area contributed by atoms with Crippen LogP contribution in [0.3, 0.4) is 0 Å². The Morgan fingerprint density at radius 2 is 2.00 bits per heavy atom. The number of nitrogens with two attached hydrogens (primary N) is 1. The average molecular weight is 226 g/mol. The van der Waals surface area contributed by atoms with Crippen LogP contribution in [-0.2, 0) is 4.79 Å². The van der Waals surface area contributed by atoms with E-state index in [1.54, 1.807) is 0 Å². The van der Waals surface area contributed by atoms with Gasteiger partial charge in [-0.2, -0.15) is 0 Å². The molecule has 0 heterocycles. The van der Waals surface area contributed by atoms with E-state index in [1.807, 2.05) is 6.92 Å². The lowest BCUT2D eigenvalue weighted by atomic mass is 9.75. The first-order valence-electron chi connectivity index (χ1n) is 6.44. The Morgan fingerprint density at radius 1 is 1.44 bits per heavy atom. The molecule has 0 saturated heterocycles. The second-order valence-corrected chi connectivity index (χ2v) is 6.02. The molecule has 94 valence electrons. The number of rotatable bonds is 4. The van der Waals surface area contributed by atoms with Crippen LogP contribution in [0.1, 0.15) is 59.3 Å². The molecule has 1 saturated carbocycles. The van der Waals surface area contributed by atoms with Crippen LogP contribution < -0.4 is 11.1 Å². The van der Waals surface area contributed by atoms with Gasteiger partial charge in [0, 0.05) is 18.5 Å². The minimum atomic E-state index is 0.121. The van der Waals surface area contributed by atoms with Crippen molar-refractivity contribution in [2.24, 2.45) is 11.1 Å². The van der Waals surface area contributed by atoms with E-state index in [2.05, 4.69) is 19.2 Å². The number of carbonyl (C=O) groups excluding carboxylic acids is 1. The zero-order valence-corrected chi connectivity index (χ0v) is 10.9. The van der Waals surface area contributed by atoms with Crippen LogP contribution in [0.15, 0.2) is 0 Å². The predicted octanol–water partition coefficient (Wildman–Crippen LogP) is 2.20. The lowest BCUT2D eigenvalue weighted by Gasteiger charge is -2.34. The van der Waals surface area contributed by atoms with Crippen molar-refractivity contribution in [1.82, 2.24) is 5.32 Å². The number of hydrogen-bond donors (Lipinski definition) is 2. The van der Waals surface area contributed by atoms with E-state index in [0.29, 0.717) is 17.9 Å². The first-order chi connectivity index (χ1) is 7.39. The van der Waals surface area contributed by atoms with Gasteiger partial charge >= 0.3 is 0 Å². The summed E-state index contributed by atoms with van der Waals surface area (Å²) < 4.78 is 0. The molecule has 1 aliphatic rings. The van der Waals surface area contributed by atoms with Crippen molar-refractivity contribution in [3.8, 4) is 0 Å². The molecule has 0 spiro atoms. The van der Waals surface area contributed by atoms with Crippen molar-refractivity contribution in [3.63, 3.8) is 0 Å². The maximum Gasteiger partial charge on any atom is 0.220 e. The van der Waals surface area contributed by atoms with Crippen molar-refractivity contribution >= 4 is 5.91 Å². The molecule has 0 radical (unpaired) electrons. The summed E-state index contributed by atoms with van der Waals surface area (Å²) in [6.45, 7) is 6.55. The van der Waals surface area contributed by atoms with Crippen LogP contribution in [0.2, 0.25) is 0 Å². The summed E-state index contributed by atoms with van der Waals surface area (Å²) in [6, 6.07) is 0.518. The van der Waals surface area contributed by atoms with Gasteiger partial charge in [0.2, 0.25) is 5.91 Å². The summed E-state index contributed by atoms with van der Waals surface area (Å²) in [4.78, 5) is 11.6. The lowest BCUT2D eigenvalue weighted by Crippen LogP contribution is -2.39. The third-order valence-corrected chi connectivity index (χ3v) is 3.53. The fraction of sp³-hybridized carbons (Fsp3) is 0.923. The second-order valence-electron chi connectivity index (χ2n) is 6.02. The number of hydrogen-bond acceptors (Lipinski definition) is 2. The van der Waals surface area contributed by atoms with E-state index in [0.717, 1.165) is 19.3 Å². The summed E-state index contributed by atoms with van der Waals surface area (Å²) in [5, 5.41) is 3.12. The number of amides is 1. The van der Waals surface area contributed by atoms with Gasteiger partial charge in [0.05, 0.1) is 0 Å². The summed E-state index contributed by atoms with van der Waals surface area (Å²) >= 11 is 0. The quantitative estimate of drug-likeness (QED) is 0.772. The highest BCUT2D eigenvalue weighted by atomic mass is 16.1. The van der Waals surface area contributed by atoms with E-state index in [9.17, 15) is 4.79 Å². The highest BCUT2D eigenvalue weighted by Gasteiger charge is 2.27. The van der Waals surface area contributed by atoms with Crippen LogP contribution in [0.25, 0.3) is 0 Å². The average Bonchev–Trinajstić information content (AvgIpc) is 2.18. The molecule has 3 heteroatoms. The largest absolute Gasteiger partial charge is 0.353 e.